The highest BCUT2D eigenvalue weighted by Crippen LogP contribution is 2.18. The molecule has 6 nitrogen and oxygen atoms in total. The second-order valence-electron chi connectivity index (χ2n) is 4.99. The van der Waals surface area contributed by atoms with Crippen molar-refractivity contribution in [1.29, 1.82) is 5.26 Å². The van der Waals surface area contributed by atoms with Gasteiger partial charge >= 0.3 is 5.97 Å². The normalized spacial score (nSPS) is 9.71. The molecule has 0 aliphatic heterocycles. The lowest BCUT2D eigenvalue weighted by Crippen LogP contribution is -2.21. The first-order valence-electron chi connectivity index (χ1n) is 7.15. The quantitative estimate of drug-likeness (QED) is 0.854. The molecule has 1 N–H and O–H groups in total. The number of methoxy groups -OCH3 is 1. The molecular weight excluding hydrogens is 308 g/mol. The number of amides is 1. The van der Waals surface area contributed by atoms with Crippen LogP contribution in [-0.4, -0.2) is 25.6 Å². The van der Waals surface area contributed by atoms with Gasteiger partial charge < -0.3 is 14.8 Å². The summed E-state index contributed by atoms with van der Waals surface area (Å²) >= 11 is 0. The third kappa shape index (κ3) is 4.34. The minimum absolute atomic E-state index is 0.187. The monoisotopic (exact) mass is 324 g/mol. The summed E-state index contributed by atoms with van der Waals surface area (Å²) in [5.41, 5.74) is 2.20. The number of nitriles is 1. The number of nitrogens with zero attached hydrogens (tertiary/aromatic N) is 1. The Morgan fingerprint density at radius 3 is 2.50 bits per heavy atom. The second-order valence-corrected chi connectivity index (χ2v) is 4.99. The molecule has 24 heavy (non-hydrogen) atoms. The highest BCUT2D eigenvalue weighted by atomic mass is 16.5. The third-order valence-electron chi connectivity index (χ3n) is 3.29. The number of aryl methyl sites for hydroxylation is 1. The summed E-state index contributed by atoms with van der Waals surface area (Å²) in [6.45, 7) is 1.63. The van der Waals surface area contributed by atoms with E-state index in [9.17, 15) is 9.59 Å². The maximum atomic E-state index is 12.0. The van der Waals surface area contributed by atoms with Crippen LogP contribution in [-0.2, 0) is 9.53 Å². The van der Waals surface area contributed by atoms with Crippen molar-refractivity contribution in [3.05, 3.63) is 59.2 Å². The maximum Gasteiger partial charge on any atom is 0.337 e. The van der Waals surface area contributed by atoms with Crippen molar-refractivity contribution in [2.75, 3.05) is 19.0 Å². The van der Waals surface area contributed by atoms with E-state index in [0.717, 1.165) is 5.56 Å². The van der Waals surface area contributed by atoms with Gasteiger partial charge in [-0.1, -0.05) is 6.07 Å². The fourth-order valence-corrected chi connectivity index (χ4v) is 1.96. The van der Waals surface area contributed by atoms with E-state index in [1.54, 1.807) is 42.5 Å². The lowest BCUT2D eigenvalue weighted by Gasteiger charge is -2.11. The Labute approximate surface area is 139 Å². The molecule has 0 saturated carbocycles. The van der Waals surface area contributed by atoms with Crippen LogP contribution in [0.3, 0.4) is 0 Å². The van der Waals surface area contributed by atoms with E-state index in [1.807, 2.05) is 13.0 Å². The van der Waals surface area contributed by atoms with E-state index < -0.39 is 5.97 Å². The number of carbonyl (C=O) groups excluding carboxylic acids is 2. The molecule has 2 aromatic rings. The molecule has 0 heterocycles. The van der Waals surface area contributed by atoms with Crippen LogP contribution in [0.2, 0.25) is 0 Å². The number of anilines is 1. The second kappa shape index (κ2) is 7.79. The fourth-order valence-electron chi connectivity index (χ4n) is 1.96. The van der Waals surface area contributed by atoms with Crippen LogP contribution in [0, 0.1) is 18.3 Å². The van der Waals surface area contributed by atoms with Crippen molar-refractivity contribution in [3.63, 3.8) is 0 Å². The number of ether oxygens (including phenoxy) is 2. The van der Waals surface area contributed by atoms with Crippen LogP contribution in [0.25, 0.3) is 0 Å². The van der Waals surface area contributed by atoms with Crippen LogP contribution in [0.5, 0.6) is 5.75 Å². The molecule has 0 fully saturated rings. The summed E-state index contributed by atoms with van der Waals surface area (Å²) in [5, 5.41) is 11.4. The van der Waals surface area contributed by atoms with Crippen molar-refractivity contribution in [2.24, 2.45) is 0 Å². The van der Waals surface area contributed by atoms with Gasteiger partial charge in [0, 0.05) is 5.69 Å². The Bertz CT molecular complexity index is 792. The van der Waals surface area contributed by atoms with Crippen molar-refractivity contribution < 1.29 is 19.1 Å². The van der Waals surface area contributed by atoms with Crippen molar-refractivity contribution in [2.45, 2.75) is 6.92 Å². The zero-order chi connectivity index (χ0) is 17.5. The van der Waals surface area contributed by atoms with E-state index in [1.165, 1.54) is 7.11 Å². The zero-order valence-corrected chi connectivity index (χ0v) is 13.3. The molecule has 0 radical (unpaired) electrons. The molecule has 122 valence electrons. The number of hydrogen-bond acceptors (Lipinski definition) is 5. The molecule has 2 aromatic carbocycles. The first-order chi connectivity index (χ1) is 11.5. The molecule has 6 heteroatoms. The van der Waals surface area contributed by atoms with Crippen molar-refractivity contribution in [3.8, 4) is 11.8 Å². The molecule has 0 atom stereocenters. The Hall–Kier alpha value is -3.33. The summed E-state index contributed by atoms with van der Waals surface area (Å²) in [5.74, 6) is -0.340. The largest absolute Gasteiger partial charge is 0.484 e. The Morgan fingerprint density at radius 2 is 1.88 bits per heavy atom. The number of benzene rings is 2. The number of rotatable bonds is 5. The minimum atomic E-state index is -0.473. The first-order valence-corrected chi connectivity index (χ1v) is 7.15. The predicted octanol–water partition coefficient (Wildman–Crippen LogP) is 2.67. The van der Waals surface area contributed by atoms with Crippen molar-refractivity contribution in [1.82, 2.24) is 0 Å². The summed E-state index contributed by atoms with van der Waals surface area (Å²) in [7, 11) is 1.30. The van der Waals surface area contributed by atoms with E-state index >= 15 is 0 Å². The lowest BCUT2D eigenvalue weighted by atomic mass is 10.1. The molecule has 1 amide bonds. The highest BCUT2D eigenvalue weighted by Gasteiger charge is 2.11. The van der Waals surface area contributed by atoms with Crippen LogP contribution in [0.1, 0.15) is 21.5 Å². The maximum absolute atomic E-state index is 12.0. The van der Waals surface area contributed by atoms with Crippen molar-refractivity contribution >= 4 is 17.6 Å². The van der Waals surface area contributed by atoms with E-state index in [4.69, 9.17) is 10.00 Å². The number of esters is 1. The van der Waals surface area contributed by atoms with Gasteiger partial charge in [0.15, 0.2) is 6.61 Å². The van der Waals surface area contributed by atoms with Gasteiger partial charge in [0.1, 0.15) is 5.75 Å². The Balaban J connectivity index is 1.99. The summed E-state index contributed by atoms with van der Waals surface area (Å²) in [4.78, 5) is 23.6. The average molecular weight is 324 g/mol. The standard InChI is InChI=1S/C18H16N2O4/c1-12-3-6-14(18(22)23-2)9-16(12)20-17(21)11-24-15-7-4-13(10-19)5-8-15/h3-9H,11H2,1-2H3,(H,20,21). The molecule has 0 unspecified atom stereocenters. The molecule has 0 bridgehead atoms. The fraction of sp³-hybridized carbons (Fsp3) is 0.167. The number of nitrogens with one attached hydrogen (secondary N) is 1. The number of carbonyl (C=O) groups is 2. The van der Waals surface area contributed by atoms with Gasteiger partial charge in [0.2, 0.25) is 0 Å². The van der Waals surface area contributed by atoms with Gasteiger partial charge in [-0.25, -0.2) is 4.79 Å². The minimum Gasteiger partial charge on any atom is -0.484 e. The van der Waals surface area contributed by atoms with Gasteiger partial charge in [-0.15, -0.1) is 0 Å². The zero-order valence-electron chi connectivity index (χ0n) is 13.3. The predicted molar refractivity (Wildman–Crippen MR) is 87.8 cm³/mol. The first kappa shape index (κ1) is 17.0. The van der Waals surface area contributed by atoms with E-state index in [-0.39, 0.29) is 12.5 Å². The molecule has 0 aromatic heterocycles. The molecule has 0 spiro atoms. The Morgan fingerprint density at radius 1 is 1.17 bits per heavy atom. The summed E-state index contributed by atoms with van der Waals surface area (Å²) in [6, 6.07) is 13.4. The molecule has 0 aliphatic carbocycles. The molecule has 0 aliphatic rings. The third-order valence-corrected chi connectivity index (χ3v) is 3.29. The lowest BCUT2D eigenvalue weighted by molar-refractivity contribution is -0.118. The highest BCUT2D eigenvalue weighted by molar-refractivity contribution is 5.95. The Kier molecular flexibility index (Phi) is 5.53. The van der Waals surface area contributed by atoms with Crippen LogP contribution < -0.4 is 10.1 Å². The van der Waals surface area contributed by atoms with Gasteiger partial charge in [-0.05, 0) is 48.9 Å². The van der Waals surface area contributed by atoms with Gasteiger partial charge in [0.25, 0.3) is 5.91 Å². The van der Waals surface area contributed by atoms with E-state index in [0.29, 0.717) is 22.6 Å². The topological polar surface area (TPSA) is 88.4 Å². The van der Waals surface area contributed by atoms with Crippen LogP contribution in [0.15, 0.2) is 42.5 Å². The van der Waals surface area contributed by atoms with Crippen LogP contribution in [0.4, 0.5) is 5.69 Å². The van der Waals surface area contributed by atoms with Gasteiger partial charge in [-0.2, -0.15) is 5.26 Å². The SMILES string of the molecule is COC(=O)c1ccc(C)c(NC(=O)COc2ccc(C#N)cc2)c1. The van der Waals surface area contributed by atoms with E-state index in [2.05, 4.69) is 10.1 Å². The van der Waals surface area contributed by atoms with Gasteiger partial charge in [-0.3, -0.25) is 4.79 Å². The van der Waals surface area contributed by atoms with Crippen LogP contribution >= 0.6 is 0 Å². The summed E-state index contributed by atoms with van der Waals surface area (Å²) < 4.78 is 10.0. The summed E-state index contributed by atoms with van der Waals surface area (Å²) in [6.07, 6.45) is 0. The van der Waals surface area contributed by atoms with Gasteiger partial charge in [0.05, 0.1) is 24.3 Å². The average Bonchev–Trinajstić information content (AvgIpc) is 2.61. The number of hydrogen-bond donors (Lipinski definition) is 1. The molecule has 2 rings (SSSR count). The smallest absolute Gasteiger partial charge is 0.337 e. The molecule has 0 saturated heterocycles. The molecular formula is C18H16N2O4.